The second-order valence-corrected chi connectivity index (χ2v) is 6.58. The Bertz CT molecular complexity index is 450. The van der Waals surface area contributed by atoms with Gasteiger partial charge in [-0.25, -0.2) is 0 Å². The lowest BCUT2D eigenvalue weighted by atomic mass is 9.99. The monoisotopic (exact) mass is 356 g/mol. The maximum absolute atomic E-state index is 6.04. The molecule has 1 aliphatic heterocycles. The Morgan fingerprint density at radius 2 is 2.33 bits per heavy atom. The first-order valence-electron chi connectivity index (χ1n) is 7.47. The van der Waals surface area contributed by atoms with Crippen molar-refractivity contribution in [1.82, 2.24) is 4.90 Å². The molecule has 1 aromatic rings. The molecule has 0 bridgehead atoms. The molecule has 118 valence electrons. The third-order valence-electron chi connectivity index (χ3n) is 4.11. The summed E-state index contributed by atoms with van der Waals surface area (Å²) in [6.45, 7) is 3.33. The summed E-state index contributed by atoms with van der Waals surface area (Å²) in [7, 11) is 3.84. The number of halogens is 1. The molecule has 4 nitrogen and oxygen atoms in total. The zero-order valence-electron chi connectivity index (χ0n) is 12.8. The first-order chi connectivity index (χ1) is 10.2. The van der Waals surface area contributed by atoms with Crippen LogP contribution in [0, 0.1) is 5.92 Å². The van der Waals surface area contributed by atoms with Crippen molar-refractivity contribution < 1.29 is 9.47 Å². The van der Waals surface area contributed by atoms with E-state index in [4.69, 9.17) is 15.2 Å². The minimum atomic E-state index is 0.152. The van der Waals surface area contributed by atoms with Crippen LogP contribution in [0.1, 0.15) is 24.4 Å². The number of methoxy groups -OCH3 is 1. The third kappa shape index (κ3) is 4.42. The van der Waals surface area contributed by atoms with Gasteiger partial charge < -0.3 is 15.2 Å². The Kier molecular flexibility index (Phi) is 6.48. The van der Waals surface area contributed by atoms with Crippen molar-refractivity contribution >= 4 is 15.9 Å². The van der Waals surface area contributed by atoms with Crippen molar-refractivity contribution in [3.8, 4) is 5.75 Å². The van der Waals surface area contributed by atoms with Crippen LogP contribution in [0.2, 0.25) is 0 Å². The van der Waals surface area contributed by atoms with Crippen LogP contribution in [0.25, 0.3) is 0 Å². The van der Waals surface area contributed by atoms with Crippen molar-refractivity contribution in [3.63, 3.8) is 0 Å². The number of ether oxygens (including phenoxy) is 2. The quantitative estimate of drug-likeness (QED) is 0.851. The van der Waals surface area contributed by atoms with E-state index >= 15 is 0 Å². The predicted octanol–water partition coefficient (Wildman–Crippen LogP) is 2.82. The standard InChI is InChI=1S/C16H25BrN2O2/c1-19(10-12-4-3-7-21-11-12)15(9-18)14-8-13(17)5-6-16(14)20-2/h5-6,8,12,15H,3-4,7,9-11,18H2,1-2H3. The van der Waals surface area contributed by atoms with Gasteiger partial charge >= 0.3 is 0 Å². The van der Waals surface area contributed by atoms with Gasteiger partial charge in [0, 0.05) is 29.7 Å². The van der Waals surface area contributed by atoms with Crippen molar-refractivity contribution in [1.29, 1.82) is 0 Å². The minimum Gasteiger partial charge on any atom is -0.496 e. The predicted molar refractivity (Wildman–Crippen MR) is 88.7 cm³/mol. The maximum atomic E-state index is 6.04. The topological polar surface area (TPSA) is 47.7 Å². The van der Waals surface area contributed by atoms with Crippen molar-refractivity contribution in [3.05, 3.63) is 28.2 Å². The fourth-order valence-corrected chi connectivity index (χ4v) is 3.37. The van der Waals surface area contributed by atoms with Gasteiger partial charge in [-0.2, -0.15) is 0 Å². The molecule has 1 heterocycles. The number of hydrogen-bond donors (Lipinski definition) is 1. The summed E-state index contributed by atoms with van der Waals surface area (Å²) in [5.41, 5.74) is 7.17. The molecule has 0 spiro atoms. The first-order valence-corrected chi connectivity index (χ1v) is 8.26. The molecule has 0 saturated carbocycles. The van der Waals surface area contributed by atoms with Crippen molar-refractivity contribution in [2.75, 3.05) is 40.5 Å². The molecule has 5 heteroatoms. The summed E-state index contributed by atoms with van der Waals surface area (Å²) in [6, 6.07) is 6.23. The minimum absolute atomic E-state index is 0.152. The highest BCUT2D eigenvalue weighted by atomic mass is 79.9. The lowest BCUT2D eigenvalue weighted by molar-refractivity contribution is 0.0364. The molecule has 0 radical (unpaired) electrons. The van der Waals surface area contributed by atoms with Gasteiger partial charge in [0.15, 0.2) is 0 Å². The Morgan fingerprint density at radius 1 is 1.52 bits per heavy atom. The van der Waals surface area contributed by atoms with E-state index < -0.39 is 0 Å². The van der Waals surface area contributed by atoms with Gasteiger partial charge in [0.2, 0.25) is 0 Å². The smallest absolute Gasteiger partial charge is 0.123 e. The third-order valence-corrected chi connectivity index (χ3v) is 4.60. The summed E-state index contributed by atoms with van der Waals surface area (Å²) < 4.78 is 12.1. The molecule has 1 aromatic carbocycles. The Morgan fingerprint density at radius 3 is 2.95 bits per heavy atom. The van der Waals surface area contributed by atoms with Gasteiger partial charge in [-0.1, -0.05) is 15.9 Å². The SMILES string of the molecule is COc1ccc(Br)cc1C(CN)N(C)CC1CCCOC1. The molecule has 2 unspecified atom stereocenters. The molecule has 0 aliphatic carbocycles. The van der Waals surface area contributed by atoms with Crippen LogP contribution >= 0.6 is 15.9 Å². The van der Waals surface area contributed by atoms with E-state index in [0.717, 1.165) is 42.0 Å². The molecule has 2 rings (SSSR count). The van der Waals surface area contributed by atoms with Crippen LogP contribution < -0.4 is 10.5 Å². The van der Waals surface area contributed by atoms with E-state index in [9.17, 15) is 0 Å². The van der Waals surface area contributed by atoms with E-state index in [1.54, 1.807) is 7.11 Å². The Labute approximate surface area is 135 Å². The summed E-state index contributed by atoms with van der Waals surface area (Å²) in [5.74, 6) is 1.48. The Balaban J connectivity index is 2.12. The number of nitrogens with two attached hydrogens (primary N) is 1. The number of benzene rings is 1. The highest BCUT2D eigenvalue weighted by Crippen LogP contribution is 2.31. The van der Waals surface area contributed by atoms with E-state index in [0.29, 0.717) is 12.5 Å². The highest BCUT2D eigenvalue weighted by molar-refractivity contribution is 9.10. The lowest BCUT2D eigenvalue weighted by Gasteiger charge is -2.33. The number of rotatable bonds is 6. The van der Waals surface area contributed by atoms with Gasteiger partial charge in [-0.15, -0.1) is 0 Å². The molecular weight excluding hydrogens is 332 g/mol. The Hall–Kier alpha value is -0.620. The van der Waals surface area contributed by atoms with E-state index in [2.05, 4.69) is 33.9 Å². The van der Waals surface area contributed by atoms with Gasteiger partial charge in [0.25, 0.3) is 0 Å². The second-order valence-electron chi connectivity index (χ2n) is 5.66. The van der Waals surface area contributed by atoms with Crippen molar-refractivity contribution in [2.45, 2.75) is 18.9 Å². The fraction of sp³-hybridized carbons (Fsp3) is 0.625. The number of hydrogen-bond acceptors (Lipinski definition) is 4. The van der Waals surface area contributed by atoms with Gasteiger partial charge in [-0.05, 0) is 44.0 Å². The summed E-state index contributed by atoms with van der Waals surface area (Å²) in [6.07, 6.45) is 2.39. The molecule has 0 aromatic heterocycles. The van der Waals surface area contributed by atoms with Crippen LogP contribution in [0.15, 0.2) is 22.7 Å². The molecule has 2 atom stereocenters. The van der Waals surface area contributed by atoms with Crippen LogP contribution in [0.4, 0.5) is 0 Å². The maximum Gasteiger partial charge on any atom is 0.123 e. The summed E-state index contributed by atoms with van der Waals surface area (Å²) >= 11 is 3.54. The second kappa shape index (κ2) is 8.13. The number of nitrogens with zero attached hydrogens (tertiary/aromatic N) is 1. The molecule has 1 aliphatic rings. The van der Waals surface area contributed by atoms with Crippen LogP contribution in [0.5, 0.6) is 5.75 Å². The zero-order chi connectivity index (χ0) is 15.2. The lowest BCUT2D eigenvalue weighted by Crippen LogP contribution is -2.36. The molecule has 21 heavy (non-hydrogen) atoms. The molecule has 2 N–H and O–H groups in total. The van der Waals surface area contributed by atoms with Crippen LogP contribution in [0.3, 0.4) is 0 Å². The average Bonchev–Trinajstić information content (AvgIpc) is 2.49. The first kappa shape index (κ1) is 16.7. The summed E-state index contributed by atoms with van der Waals surface area (Å²) in [5, 5.41) is 0. The molecule has 1 fully saturated rings. The van der Waals surface area contributed by atoms with E-state index in [1.165, 1.54) is 6.42 Å². The average molecular weight is 357 g/mol. The van der Waals surface area contributed by atoms with Gasteiger partial charge in [0.1, 0.15) is 5.75 Å². The van der Waals surface area contributed by atoms with Crippen LogP contribution in [-0.2, 0) is 4.74 Å². The zero-order valence-corrected chi connectivity index (χ0v) is 14.4. The van der Waals surface area contributed by atoms with E-state index in [-0.39, 0.29) is 6.04 Å². The van der Waals surface area contributed by atoms with E-state index in [1.807, 2.05) is 12.1 Å². The van der Waals surface area contributed by atoms with Gasteiger partial charge in [0.05, 0.1) is 19.8 Å². The normalized spacial score (nSPS) is 20.5. The summed E-state index contributed by atoms with van der Waals surface area (Å²) in [4.78, 5) is 2.32. The molecule has 1 saturated heterocycles. The molecule has 0 amide bonds. The largest absolute Gasteiger partial charge is 0.496 e. The van der Waals surface area contributed by atoms with Gasteiger partial charge in [-0.3, -0.25) is 4.90 Å². The van der Waals surface area contributed by atoms with Crippen LogP contribution in [-0.4, -0.2) is 45.4 Å². The van der Waals surface area contributed by atoms with Crippen molar-refractivity contribution in [2.24, 2.45) is 11.7 Å². The molecular formula is C16H25BrN2O2. The number of likely N-dealkylation sites (N-methyl/N-ethyl adjacent to an activating group) is 1. The highest BCUT2D eigenvalue weighted by Gasteiger charge is 2.23. The fourth-order valence-electron chi connectivity index (χ4n) is 3.00.